The van der Waals surface area contributed by atoms with Crippen LogP contribution in [0.3, 0.4) is 0 Å². The number of carbonyl (C=O) groups is 1. The van der Waals surface area contributed by atoms with Gasteiger partial charge in [-0.25, -0.2) is 0 Å². The average molecular weight is 325 g/mol. The smallest absolute Gasteiger partial charge is 0.166 e. The fourth-order valence-electron chi connectivity index (χ4n) is 2.84. The van der Waals surface area contributed by atoms with Crippen molar-refractivity contribution in [3.05, 3.63) is 28.2 Å². The fourth-order valence-corrected chi connectivity index (χ4v) is 3.20. The SMILES string of the molecule is COc1ccc(Br)cc1C(=O)CCC1CCCCC1. The molecule has 0 aliphatic heterocycles. The van der Waals surface area contributed by atoms with Gasteiger partial charge in [-0.3, -0.25) is 4.79 Å². The minimum Gasteiger partial charge on any atom is -0.496 e. The lowest BCUT2D eigenvalue weighted by Gasteiger charge is -2.21. The molecule has 0 unspecified atom stereocenters. The Balaban J connectivity index is 1.97. The molecule has 0 bridgehead atoms. The maximum Gasteiger partial charge on any atom is 0.166 e. The van der Waals surface area contributed by atoms with Crippen LogP contribution in [-0.4, -0.2) is 12.9 Å². The maximum absolute atomic E-state index is 12.3. The Bertz CT molecular complexity index is 436. The van der Waals surface area contributed by atoms with Gasteiger partial charge in [-0.2, -0.15) is 0 Å². The quantitative estimate of drug-likeness (QED) is 0.712. The van der Waals surface area contributed by atoms with Crippen molar-refractivity contribution in [2.45, 2.75) is 44.9 Å². The van der Waals surface area contributed by atoms with Crippen LogP contribution in [0.1, 0.15) is 55.3 Å². The van der Waals surface area contributed by atoms with Gasteiger partial charge in [0.1, 0.15) is 5.75 Å². The number of halogens is 1. The summed E-state index contributed by atoms with van der Waals surface area (Å²) in [6.07, 6.45) is 8.28. The van der Waals surface area contributed by atoms with Crippen molar-refractivity contribution in [3.8, 4) is 5.75 Å². The van der Waals surface area contributed by atoms with Crippen molar-refractivity contribution in [2.75, 3.05) is 7.11 Å². The van der Waals surface area contributed by atoms with Crippen molar-refractivity contribution in [1.82, 2.24) is 0 Å². The zero-order valence-corrected chi connectivity index (χ0v) is 13.0. The molecule has 0 heterocycles. The van der Waals surface area contributed by atoms with Crippen molar-refractivity contribution < 1.29 is 9.53 Å². The molecule has 1 aromatic carbocycles. The summed E-state index contributed by atoms with van der Waals surface area (Å²) in [5.41, 5.74) is 0.702. The Morgan fingerprint density at radius 2 is 2.05 bits per heavy atom. The van der Waals surface area contributed by atoms with Gasteiger partial charge in [-0.15, -0.1) is 0 Å². The molecule has 1 saturated carbocycles. The number of ether oxygens (including phenoxy) is 1. The third-order valence-corrected chi connectivity index (χ3v) is 4.46. The summed E-state index contributed by atoms with van der Waals surface area (Å²) in [6, 6.07) is 5.61. The molecular weight excluding hydrogens is 304 g/mol. The molecule has 104 valence electrons. The van der Waals surface area contributed by atoms with Crippen molar-refractivity contribution in [2.24, 2.45) is 5.92 Å². The number of methoxy groups -OCH3 is 1. The highest BCUT2D eigenvalue weighted by molar-refractivity contribution is 9.10. The highest BCUT2D eigenvalue weighted by Crippen LogP contribution is 2.29. The number of rotatable bonds is 5. The second kappa shape index (κ2) is 7.09. The van der Waals surface area contributed by atoms with E-state index in [1.807, 2.05) is 18.2 Å². The van der Waals surface area contributed by atoms with Crippen LogP contribution in [0, 0.1) is 5.92 Å². The molecule has 1 aliphatic carbocycles. The molecule has 0 atom stereocenters. The van der Waals surface area contributed by atoms with E-state index in [9.17, 15) is 4.79 Å². The summed E-state index contributed by atoms with van der Waals surface area (Å²) in [5, 5.41) is 0. The van der Waals surface area contributed by atoms with Gasteiger partial charge in [0, 0.05) is 10.9 Å². The van der Waals surface area contributed by atoms with Crippen molar-refractivity contribution in [1.29, 1.82) is 0 Å². The number of ketones is 1. The number of carbonyl (C=O) groups excluding carboxylic acids is 1. The largest absolute Gasteiger partial charge is 0.496 e. The summed E-state index contributed by atoms with van der Waals surface area (Å²) in [6.45, 7) is 0. The molecule has 19 heavy (non-hydrogen) atoms. The van der Waals surface area contributed by atoms with E-state index in [0.29, 0.717) is 17.7 Å². The second-order valence-electron chi connectivity index (χ2n) is 5.31. The van der Waals surface area contributed by atoms with E-state index in [2.05, 4.69) is 15.9 Å². The van der Waals surface area contributed by atoms with Crippen LogP contribution in [0.5, 0.6) is 5.75 Å². The normalized spacial score (nSPS) is 16.3. The van der Waals surface area contributed by atoms with E-state index in [1.54, 1.807) is 7.11 Å². The number of Topliss-reactive ketones (excluding diaryl/α,β-unsaturated/α-hetero) is 1. The molecule has 0 N–H and O–H groups in total. The molecule has 3 heteroatoms. The predicted octanol–water partition coefficient (Wildman–Crippen LogP) is 5.00. The predicted molar refractivity (Wildman–Crippen MR) is 80.8 cm³/mol. The Morgan fingerprint density at radius 1 is 1.32 bits per heavy atom. The molecule has 0 amide bonds. The van der Waals surface area contributed by atoms with E-state index < -0.39 is 0 Å². The minimum atomic E-state index is 0.198. The maximum atomic E-state index is 12.3. The van der Waals surface area contributed by atoms with Crippen LogP contribution in [0.2, 0.25) is 0 Å². The molecule has 1 fully saturated rings. The first kappa shape index (κ1) is 14.6. The molecule has 1 aliphatic rings. The Morgan fingerprint density at radius 3 is 2.74 bits per heavy atom. The minimum absolute atomic E-state index is 0.198. The first-order chi connectivity index (χ1) is 9.20. The molecule has 2 nitrogen and oxygen atoms in total. The van der Waals surface area contributed by atoms with Crippen LogP contribution in [0.15, 0.2) is 22.7 Å². The van der Waals surface area contributed by atoms with Gasteiger partial charge >= 0.3 is 0 Å². The van der Waals surface area contributed by atoms with E-state index in [4.69, 9.17) is 4.74 Å². The van der Waals surface area contributed by atoms with E-state index in [1.165, 1.54) is 32.1 Å². The topological polar surface area (TPSA) is 26.3 Å². The van der Waals surface area contributed by atoms with Crippen molar-refractivity contribution in [3.63, 3.8) is 0 Å². The van der Waals surface area contributed by atoms with Crippen LogP contribution < -0.4 is 4.74 Å². The molecule has 2 rings (SSSR count). The van der Waals surface area contributed by atoms with Gasteiger partial charge in [0.25, 0.3) is 0 Å². The van der Waals surface area contributed by atoms with E-state index in [0.717, 1.165) is 16.8 Å². The average Bonchev–Trinajstić information content (AvgIpc) is 2.46. The summed E-state index contributed by atoms with van der Waals surface area (Å²) < 4.78 is 6.20. The van der Waals surface area contributed by atoms with Gasteiger partial charge in [0.15, 0.2) is 5.78 Å². The summed E-state index contributed by atoms with van der Waals surface area (Å²) in [5.74, 6) is 1.62. The number of benzene rings is 1. The van der Waals surface area contributed by atoms with Gasteiger partial charge in [-0.1, -0.05) is 48.0 Å². The molecule has 0 aromatic heterocycles. The van der Waals surface area contributed by atoms with Crippen LogP contribution in [0.25, 0.3) is 0 Å². The number of hydrogen-bond donors (Lipinski definition) is 0. The Labute approximate surface area is 123 Å². The zero-order chi connectivity index (χ0) is 13.7. The monoisotopic (exact) mass is 324 g/mol. The highest BCUT2D eigenvalue weighted by atomic mass is 79.9. The zero-order valence-electron chi connectivity index (χ0n) is 11.5. The van der Waals surface area contributed by atoms with Crippen molar-refractivity contribution >= 4 is 21.7 Å². The molecule has 0 spiro atoms. The van der Waals surface area contributed by atoms with Gasteiger partial charge in [0.2, 0.25) is 0 Å². The van der Waals surface area contributed by atoms with Gasteiger partial charge < -0.3 is 4.74 Å². The Hall–Kier alpha value is -0.830. The van der Waals surface area contributed by atoms with E-state index >= 15 is 0 Å². The highest BCUT2D eigenvalue weighted by Gasteiger charge is 2.17. The third kappa shape index (κ3) is 4.07. The summed E-state index contributed by atoms with van der Waals surface area (Å²) in [4.78, 5) is 12.3. The first-order valence-electron chi connectivity index (χ1n) is 7.07. The van der Waals surface area contributed by atoms with Crippen LogP contribution >= 0.6 is 15.9 Å². The molecule has 0 saturated heterocycles. The van der Waals surface area contributed by atoms with E-state index in [-0.39, 0.29) is 5.78 Å². The molecular formula is C16H21BrO2. The standard InChI is InChI=1S/C16H21BrO2/c1-19-16-10-8-13(17)11-14(16)15(18)9-7-12-5-3-2-4-6-12/h8,10-12H,2-7,9H2,1H3. The first-order valence-corrected chi connectivity index (χ1v) is 7.86. The Kier molecular flexibility index (Phi) is 5.44. The van der Waals surface area contributed by atoms with Gasteiger partial charge in [0.05, 0.1) is 12.7 Å². The summed E-state index contributed by atoms with van der Waals surface area (Å²) >= 11 is 3.41. The number of hydrogen-bond acceptors (Lipinski definition) is 2. The lowest BCUT2D eigenvalue weighted by atomic mass is 9.85. The summed E-state index contributed by atoms with van der Waals surface area (Å²) in [7, 11) is 1.61. The fraction of sp³-hybridized carbons (Fsp3) is 0.562. The molecule has 0 radical (unpaired) electrons. The molecule has 1 aromatic rings. The van der Waals surface area contributed by atoms with Crippen LogP contribution in [-0.2, 0) is 0 Å². The lowest BCUT2D eigenvalue weighted by molar-refractivity contribution is 0.0967. The lowest BCUT2D eigenvalue weighted by Crippen LogP contribution is -2.10. The van der Waals surface area contributed by atoms with Gasteiger partial charge in [-0.05, 0) is 30.5 Å². The van der Waals surface area contributed by atoms with Crippen LogP contribution in [0.4, 0.5) is 0 Å². The second-order valence-corrected chi connectivity index (χ2v) is 6.23. The third-order valence-electron chi connectivity index (χ3n) is 3.97.